The van der Waals surface area contributed by atoms with E-state index < -0.39 is 0 Å². The number of thiophene rings is 1. The number of hydrogen-bond acceptors (Lipinski definition) is 4. The second kappa shape index (κ2) is 5.80. The molecule has 2 rings (SSSR count). The molecule has 0 aromatic carbocycles. The van der Waals surface area contributed by atoms with Crippen LogP contribution in [0.1, 0.15) is 10.7 Å². The number of halogens is 2. The van der Waals surface area contributed by atoms with Crippen LogP contribution in [0.3, 0.4) is 0 Å². The first kappa shape index (κ1) is 12.8. The first-order valence-corrected chi connectivity index (χ1v) is 7.11. The summed E-state index contributed by atoms with van der Waals surface area (Å²) >= 11 is 10.8. The van der Waals surface area contributed by atoms with Crippen LogP contribution in [0.4, 0.5) is 5.82 Å². The summed E-state index contributed by atoms with van der Waals surface area (Å²) in [5.41, 5.74) is 0. The van der Waals surface area contributed by atoms with Gasteiger partial charge in [0.2, 0.25) is 0 Å². The van der Waals surface area contributed by atoms with E-state index in [-0.39, 0.29) is 0 Å². The zero-order valence-corrected chi connectivity index (χ0v) is 12.4. The van der Waals surface area contributed by atoms with Crippen LogP contribution in [0.5, 0.6) is 0 Å². The average molecular weight is 333 g/mol. The first-order chi connectivity index (χ1) is 8.13. The lowest BCUT2D eigenvalue weighted by atomic mass is 10.3. The van der Waals surface area contributed by atoms with Crippen molar-refractivity contribution in [2.45, 2.75) is 13.3 Å². The molecule has 0 amide bonds. The summed E-state index contributed by atoms with van der Waals surface area (Å²) in [5, 5.41) is 3.27. The van der Waals surface area contributed by atoms with Crippen molar-refractivity contribution in [1.29, 1.82) is 0 Å². The van der Waals surface area contributed by atoms with Crippen molar-refractivity contribution >= 4 is 44.7 Å². The highest BCUT2D eigenvalue weighted by Crippen LogP contribution is 2.21. The van der Waals surface area contributed by atoms with Crippen molar-refractivity contribution < 1.29 is 0 Å². The molecule has 1 N–H and O–H groups in total. The number of aryl methyl sites for hydroxylation is 1. The molecule has 0 atom stereocenters. The van der Waals surface area contributed by atoms with Crippen LogP contribution in [0.2, 0.25) is 4.34 Å². The van der Waals surface area contributed by atoms with Crippen molar-refractivity contribution in [2.24, 2.45) is 0 Å². The summed E-state index contributed by atoms with van der Waals surface area (Å²) in [7, 11) is 0. The fourth-order valence-electron chi connectivity index (χ4n) is 1.42. The van der Waals surface area contributed by atoms with E-state index in [1.807, 2.05) is 19.1 Å². The fraction of sp³-hybridized carbons (Fsp3) is 0.273. The molecule has 0 radical (unpaired) electrons. The van der Waals surface area contributed by atoms with Crippen LogP contribution >= 0.6 is 38.9 Å². The predicted octanol–water partition coefficient (Wildman–Crippen LogP) is 3.92. The minimum absolute atomic E-state index is 0.751. The van der Waals surface area contributed by atoms with E-state index in [9.17, 15) is 0 Å². The van der Waals surface area contributed by atoms with Gasteiger partial charge in [-0.1, -0.05) is 11.6 Å². The van der Waals surface area contributed by atoms with Gasteiger partial charge in [0, 0.05) is 17.5 Å². The van der Waals surface area contributed by atoms with Gasteiger partial charge in [-0.05, 0) is 41.4 Å². The molecular formula is C11H11BrClN3S. The molecule has 2 heterocycles. The highest BCUT2D eigenvalue weighted by molar-refractivity contribution is 9.10. The minimum Gasteiger partial charge on any atom is -0.370 e. The molecule has 0 spiro atoms. The Hall–Kier alpha value is -0.650. The number of nitrogens with zero attached hydrogens (tertiary/aromatic N) is 2. The molecular weight excluding hydrogens is 322 g/mol. The molecule has 0 fully saturated rings. The molecule has 0 unspecified atom stereocenters. The van der Waals surface area contributed by atoms with E-state index in [4.69, 9.17) is 11.6 Å². The summed E-state index contributed by atoms with van der Waals surface area (Å²) in [6, 6.07) is 5.84. The largest absolute Gasteiger partial charge is 0.370 e. The zero-order valence-electron chi connectivity index (χ0n) is 9.20. The van der Waals surface area contributed by atoms with Crippen molar-refractivity contribution in [3.8, 4) is 0 Å². The van der Waals surface area contributed by atoms with Gasteiger partial charge in [0.25, 0.3) is 0 Å². The first-order valence-electron chi connectivity index (χ1n) is 5.13. The molecule has 0 aliphatic carbocycles. The van der Waals surface area contributed by atoms with E-state index >= 15 is 0 Å². The highest BCUT2D eigenvalue weighted by Gasteiger charge is 2.01. The molecule has 6 heteroatoms. The third-order valence-corrected chi connectivity index (χ3v) is 3.81. The SMILES string of the molecule is Cc1nc(Br)cc(NCCc2ccc(Cl)s2)n1. The molecule has 0 saturated heterocycles. The molecule has 0 aliphatic rings. The molecule has 0 aliphatic heterocycles. The summed E-state index contributed by atoms with van der Waals surface area (Å²) in [4.78, 5) is 9.72. The Kier molecular flexibility index (Phi) is 4.36. The Morgan fingerprint density at radius 1 is 1.41 bits per heavy atom. The van der Waals surface area contributed by atoms with E-state index in [0.29, 0.717) is 0 Å². The molecule has 0 saturated carbocycles. The standard InChI is InChI=1S/C11H11BrClN3S/c1-7-15-9(12)6-11(16-7)14-5-4-8-2-3-10(13)17-8/h2-3,6H,4-5H2,1H3,(H,14,15,16). The van der Waals surface area contributed by atoms with Crippen LogP contribution in [-0.4, -0.2) is 16.5 Å². The second-order valence-corrected chi connectivity index (χ2v) is 6.12. The van der Waals surface area contributed by atoms with Gasteiger partial charge in [-0.3, -0.25) is 0 Å². The summed E-state index contributed by atoms with van der Waals surface area (Å²) in [5.74, 6) is 1.59. The lowest BCUT2D eigenvalue weighted by molar-refractivity contribution is 0.985. The van der Waals surface area contributed by atoms with Crippen molar-refractivity contribution in [3.63, 3.8) is 0 Å². The van der Waals surface area contributed by atoms with E-state index in [1.54, 1.807) is 11.3 Å². The lowest BCUT2D eigenvalue weighted by Crippen LogP contribution is -2.06. The van der Waals surface area contributed by atoms with Gasteiger partial charge in [0.05, 0.1) is 4.34 Å². The number of nitrogens with one attached hydrogen (secondary N) is 1. The molecule has 90 valence electrons. The van der Waals surface area contributed by atoms with Gasteiger partial charge >= 0.3 is 0 Å². The molecule has 2 aromatic heterocycles. The van der Waals surface area contributed by atoms with E-state index in [2.05, 4.69) is 37.3 Å². The monoisotopic (exact) mass is 331 g/mol. The lowest BCUT2D eigenvalue weighted by Gasteiger charge is -2.05. The Morgan fingerprint density at radius 2 is 2.24 bits per heavy atom. The number of aromatic nitrogens is 2. The molecule has 17 heavy (non-hydrogen) atoms. The Bertz CT molecular complexity index is 495. The summed E-state index contributed by atoms with van der Waals surface area (Å²) < 4.78 is 1.63. The molecule has 2 aromatic rings. The van der Waals surface area contributed by atoms with E-state index in [1.165, 1.54) is 4.88 Å². The smallest absolute Gasteiger partial charge is 0.130 e. The minimum atomic E-state index is 0.751. The predicted molar refractivity (Wildman–Crippen MR) is 76.0 cm³/mol. The number of hydrogen-bond donors (Lipinski definition) is 1. The maximum atomic E-state index is 5.87. The summed E-state index contributed by atoms with van der Waals surface area (Å²) in [6.07, 6.45) is 0.943. The maximum absolute atomic E-state index is 5.87. The van der Waals surface area contributed by atoms with Gasteiger partial charge < -0.3 is 5.32 Å². The van der Waals surface area contributed by atoms with Gasteiger partial charge in [-0.15, -0.1) is 11.3 Å². The topological polar surface area (TPSA) is 37.8 Å². The average Bonchev–Trinajstić information content (AvgIpc) is 2.63. The van der Waals surface area contributed by atoms with Gasteiger partial charge in [-0.2, -0.15) is 0 Å². The maximum Gasteiger partial charge on any atom is 0.130 e. The van der Waals surface area contributed by atoms with Gasteiger partial charge in [0.15, 0.2) is 0 Å². The normalized spacial score (nSPS) is 10.5. The third-order valence-electron chi connectivity index (χ3n) is 2.11. The highest BCUT2D eigenvalue weighted by atomic mass is 79.9. The van der Waals surface area contributed by atoms with Gasteiger partial charge in [0.1, 0.15) is 16.2 Å². The van der Waals surface area contributed by atoms with Crippen LogP contribution in [0, 0.1) is 6.92 Å². The molecule has 3 nitrogen and oxygen atoms in total. The fourth-order valence-corrected chi connectivity index (χ4v) is 2.98. The third kappa shape index (κ3) is 3.94. The Balaban J connectivity index is 1.89. The number of rotatable bonds is 4. The zero-order chi connectivity index (χ0) is 12.3. The van der Waals surface area contributed by atoms with E-state index in [0.717, 1.165) is 33.5 Å². The quantitative estimate of drug-likeness (QED) is 0.862. The van der Waals surface area contributed by atoms with Crippen LogP contribution < -0.4 is 5.32 Å². The van der Waals surface area contributed by atoms with Crippen molar-refractivity contribution in [3.05, 3.63) is 37.8 Å². The number of anilines is 1. The Morgan fingerprint density at radius 3 is 2.88 bits per heavy atom. The molecule has 0 bridgehead atoms. The summed E-state index contributed by atoms with van der Waals surface area (Å²) in [6.45, 7) is 2.70. The second-order valence-electron chi connectivity index (χ2n) is 3.51. The van der Waals surface area contributed by atoms with Gasteiger partial charge in [-0.25, -0.2) is 9.97 Å². The van der Waals surface area contributed by atoms with Crippen LogP contribution in [-0.2, 0) is 6.42 Å². The van der Waals surface area contributed by atoms with Crippen LogP contribution in [0.25, 0.3) is 0 Å². The Labute approximate surface area is 117 Å². The van der Waals surface area contributed by atoms with Crippen molar-refractivity contribution in [1.82, 2.24) is 9.97 Å². The van der Waals surface area contributed by atoms with Crippen molar-refractivity contribution in [2.75, 3.05) is 11.9 Å². The van der Waals surface area contributed by atoms with Crippen LogP contribution in [0.15, 0.2) is 22.8 Å².